The number of thiophene rings is 1. The van der Waals surface area contributed by atoms with Gasteiger partial charge in [-0.2, -0.15) is 11.3 Å². The molecule has 0 spiro atoms. The van der Waals surface area contributed by atoms with Crippen LogP contribution in [0.1, 0.15) is 19.3 Å². The van der Waals surface area contributed by atoms with E-state index in [-0.39, 0.29) is 0 Å². The highest BCUT2D eigenvalue weighted by Gasteiger charge is 2.19. The van der Waals surface area contributed by atoms with Crippen LogP contribution in [0.5, 0.6) is 0 Å². The molecule has 1 saturated carbocycles. The van der Waals surface area contributed by atoms with Crippen molar-refractivity contribution in [3.8, 4) is 11.3 Å². The van der Waals surface area contributed by atoms with Crippen molar-refractivity contribution in [2.24, 2.45) is 0 Å². The van der Waals surface area contributed by atoms with Gasteiger partial charge in [-0.05, 0) is 37.3 Å². The van der Waals surface area contributed by atoms with Crippen molar-refractivity contribution in [2.45, 2.75) is 31.8 Å². The SMILES string of the molecule is c1cc(-c2cncn2CCCNC2CC2)cs1. The van der Waals surface area contributed by atoms with Gasteiger partial charge in [0.15, 0.2) is 0 Å². The topological polar surface area (TPSA) is 29.9 Å². The van der Waals surface area contributed by atoms with Gasteiger partial charge in [0.2, 0.25) is 0 Å². The number of nitrogens with one attached hydrogen (secondary N) is 1. The second-order valence-corrected chi connectivity index (χ2v) is 5.35. The van der Waals surface area contributed by atoms with Crippen LogP contribution in [0, 0.1) is 0 Å². The summed E-state index contributed by atoms with van der Waals surface area (Å²) in [5, 5.41) is 7.83. The van der Waals surface area contributed by atoms with E-state index in [4.69, 9.17) is 0 Å². The molecule has 0 bridgehead atoms. The normalized spacial score (nSPS) is 15.3. The third-order valence-corrected chi connectivity index (χ3v) is 3.80. The van der Waals surface area contributed by atoms with Crippen LogP contribution in [0.25, 0.3) is 11.3 Å². The third-order valence-electron chi connectivity index (χ3n) is 3.12. The Bertz CT molecular complexity index is 457. The van der Waals surface area contributed by atoms with E-state index in [0.29, 0.717) is 0 Å². The minimum absolute atomic E-state index is 0.814. The van der Waals surface area contributed by atoms with Crippen molar-refractivity contribution in [3.05, 3.63) is 29.4 Å². The number of rotatable bonds is 6. The standard InChI is InChI=1S/C13H17N3S/c1(5-15-12-2-3-12)6-16-10-14-8-13(16)11-4-7-17-9-11/h4,7-10,12,15H,1-3,5-6H2. The van der Waals surface area contributed by atoms with Gasteiger partial charge in [-0.25, -0.2) is 4.98 Å². The van der Waals surface area contributed by atoms with Crippen LogP contribution in [0.4, 0.5) is 0 Å². The van der Waals surface area contributed by atoms with Crippen LogP contribution in [0.2, 0.25) is 0 Å². The lowest BCUT2D eigenvalue weighted by Crippen LogP contribution is -2.18. The van der Waals surface area contributed by atoms with Crippen molar-refractivity contribution in [1.82, 2.24) is 14.9 Å². The second-order valence-electron chi connectivity index (χ2n) is 4.57. The van der Waals surface area contributed by atoms with E-state index in [1.807, 2.05) is 12.5 Å². The highest BCUT2D eigenvalue weighted by molar-refractivity contribution is 7.08. The maximum Gasteiger partial charge on any atom is 0.0950 e. The average Bonchev–Trinajstić information content (AvgIpc) is 2.82. The average molecular weight is 247 g/mol. The minimum atomic E-state index is 0.814. The first-order valence-corrected chi connectivity index (χ1v) is 7.14. The first-order valence-electron chi connectivity index (χ1n) is 6.19. The highest BCUT2D eigenvalue weighted by Crippen LogP contribution is 2.22. The molecule has 4 heteroatoms. The van der Waals surface area contributed by atoms with Gasteiger partial charge in [0.25, 0.3) is 0 Å². The Hall–Kier alpha value is -1.13. The predicted octanol–water partition coefficient (Wildman–Crippen LogP) is 2.75. The molecule has 1 N–H and O–H groups in total. The van der Waals surface area contributed by atoms with Crippen molar-refractivity contribution in [2.75, 3.05) is 6.54 Å². The van der Waals surface area contributed by atoms with Crippen LogP contribution >= 0.6 is 11.3 Å². The zero-order valence-corrected chi connectivity index (χ0v) is 10.6. The molecule has 3 nitrogen and oxygen atoms in total. The van der Waals surface area contributed by atoms with Gasteiger partial charge in [-0.15, -0.1) is 0 Å². The number of hydrogen-bond acceptors (Lipinski definition) is 3. The van der Waals surface area contributed by atoms with Crippen LogP contribution in [-0.2, 0) is 6.54 Å². The van der Waals surface area contributed by atoms with E-state index in [1.54, 1.807) is 11.3 Å². The zero-order valence-electron chi connectivity index (χ0n) is 9.80. The van der Waals surface area contributed by atoms with E-state index < -0.39 is 0 Å². The van der Waals surface area contributed by atoms with Crippen molar-refractivity contribution >= 4 is 11.3 Å². The molecule has 0 aliphatic heterocycles. The zero-order chi connectivity index (χ0) is 11.5. The lowest BCUT2D eigenvalue weighted by molar-refractivity contribution is 0.581. The number of imidazole rings is 1. The smallest absolute Gasteiger partial charge is 0.0950 e. The van der Waals surface area contributed by atoms with E-state index in [0.717, 1.165) is 19.1 Å². The predicted molar refractivity (Wildman–Crippen MR) is 71.2 cm³/mol. The Morgan fingerprint density at radius 2 is 2.41 bits per heavy atom. The van der Waals surface area contributed by atoms with Gasteiger partial charge in [-0.3, -0.25) is 0 Å². The van der Waals surface area contributed by atoms with Crippen LogP contribution in [0.15, 0.2) is 29.4 Å². The molecular formula is C13H17N3S. The van der Waals surface area contributed by atoms with Crippen molar-refractivity contribution < 1.29 is 0 Å². The van der Waals surface area contributed by atoms with Gasteiger partial charge in [0, 0.05) is 23.5 Å². The molecule has 0 amide bonds. The summed E-state index contributed by atoms with van der Waals surface area (Å²) in [4.78, 5) is 4.25. The van der Waals surface area contributed by atoms with Gasteiger partial charge in [0.1, 0.15) is 0 Å². The second kappa shape index (κ2) is 5.02. The number of aromatic nitrogens is 2. The lowest BCUT2D eigenvalue weighted by atomic mass is 10.2. The molecule has 90 valence electrons. The highest BCUT2D eigenvalue weighted by atomic mass is 32.1. The molecule has 0 unspecified atom stereocenters. The van der Waals surface area contributed by atoms with Gasteiger partial charge < -0.3 is 9.88 Å². The molecule has 2 heterocycles. The molecular weight excluding hydrogens is 230 g/mol. The van der Waals surface area contributed by atoms with Gasteiger partial charge in [0.05, 0.1) is 18.2 Å². The van der Waals surface area contributed by atoms with E-state index in [9.17, 15) is 0 Å². The molecule has 1 aliphatic carbocycles. The summed E-state index contributed by atoms with van der Waals surface area (Å²) >= 11 is 1.73. The largest absolute Gasteiger partial charge is 0.331 e. The Labute approximate surface area is 106 Å². The van der Waals surface area contributed by atoms with E-state index in [2.05, 4.69) is 31.7 Å². The quantitative estimate of drug-likeness (QED) is 0.795. The van der Waals surface area contributed by atoms with Gasteiger partial charge in [-0.1, -0.05) is 0 Å². The summed E-state index contributed by atoms with van der Waals surface area (Å²) in [6, 6.07) is 2.97. The molecule has 1 aliphatic rings. The van der Waals surface area contributed by atoms with Crippen LogP contribution in [0.3, 0.4) is 0 Å². The fourth-order valence-corrected chi connectivity index (χ4v) is 2.64. The Morgan fingerprint density at radius 3 is 3.18 bits per heavy atom. The Kier molecular flexibility index (Phi) is 3.25. The summed E-state index contributed by atoms with van der Waals surface area (Å²) in [5.74, 6) is 0. The number of aryl methyl sites for hydroxylation is 1. The lowest BCUT2D eigenvalue weighted by Gasteiger charge is -2.07. The van der Waals surface area contributed by atoms with E-state index >= 15 is 0 Å². The van der Waals surface area contributed by atoms with Crippen LogP contribution in [-0.4, -0.2) is 22.1 Å². The molecule has 17 heavy (non-hydrogen) atoms. The molecule has 3 rings (SSSR count). The Balaban J connectivity index is 1.57. The maximum atomic E-state index is 4.25. The molecule has 0 saturated heterocycles. The number of hydrogen-bond donors (Lipinski definition) is 1. The first-order chi connectivity index (χ1) is 8.43. The summed E-state index contributed by atoms with van der Waals surface area (Å²) in [7, 11) is 0. The fraction of sp³-hybridized carbons (Fsp3) is 0.462. The Morgan fingerprint density at radius 1 is 1.47 bits per heavy atom. The van der Waals surface area contributed by atoms with Crippen molar-refractivity contribution in [1.29, 1.82) is 0 Å². The van der Waals surface area contributed by atoms with Gasteiger partial charge >= 0.3 is 0 Å². The summed E-state index contributed by atoms with van der Waals surface area (Å²) in [6.07, 6.45) is 7.79. The van der Waals surface area contributed by atoms with Crippen molar-refractivity contribution in [3.63, 3.8) is 0 Å². The number of nitrogens with zero attached hydrogens (tertiary/aromatic N) is 2. The third kappa shape index (κ3) is 2.76. The molecule has 0 aromatic carbocycles. The van der Waals surface area contributed by atoms with E-state index in [1.165, 1.54) is 30.5 Å². The first kappa shape index (κ1) is 11.0. The summed E-state index contributed by atoms with van der Waals surface area (Å²) in [6.45, 7) is 2.16. The minimum Gasteiger partial charge on any atom is -0.331 e. The van der Waals surface area contributed by atoms with Crippen LogP contribution < -0.4 is 5.32 Å². The monoisotopic (exact) mass is 247 g/mol. The fourth-order valence-electron chi connectivity index (χ4n) is 1.99. The molecule has 2 aromatic heterocycles. The summed E-state index contributed by atoms with van der Waals surface area (Å²) in [5.41, 5.74) is 2.51. The molecule has 0 radical (unpaired) electrons. The summed E-state index contributed by atoms with van der Waals surface area (Å²) < 4.78 is 2.25. The molecule has 2 aromatic rings. The molecule has 1 fully saturated rings. The molecule has 0 atom stereocenters. The maximum absolute atomic E-state index is 4.25.